The van der Waals surface area contributed by atoms with Crippen LogP contribution in [0, 0.1) is 0 Å². The van der Waals surface area contributed by atoms with E-state index in [2.05, 4.69) is 5.73 Å². The summed E-state index contributed by atoms with van der Waals surface area (Å²) >= 11 is 0. The monoisotopic (exact) mass is 215 g/mol. The summed E-state index contributed by atoms with van der Waals surface area (Å²) in [5.74, 6) is 0. The van der Waals surface area contributed by atoms with Crippen LogP contribution in [0.1, 0.15) is 5.56 Å². The van der Waals surface area contributed by atoms with Crippen LogP contribution in [0.4, 0.5) is 4.39 Å². The average Bonchev–Trinajstić information content (AvgIpc) is 2.35. The van der Waals surface area contributed by atoms with E-state index in [1.165, 1.54) is 7.05 Å². The molecule has 0 saturated carbocycles. The Labute approximate surface area is 89.7 Å². The van der Waals surface area contributed by atoms with Crippen LogP contribution in [-0.4, -0.2) is 31.7 Å². The maximum atomic E-state index is 11.8. The molecule has 0 aromatic heterocycles. The van der Waals surface area contributed by atoms with Crippen molar-refractivity contribution >= 4 is 6.79 Å². The van der Waals surface area contributed by atoms with Gasteiger partial charge in [0, 0.05) is 6.42 Å². The molecule has 1 rings (SSSR count). The molecule has 0 amide bonds. The molecule has 86 valence electrons. The Hall–Kier alpha value is -1.26. The molecular weight excluding hydrogens is 197 g/mol. The van der Waals surface area contributed by atoms with Gasteiger partial charge in [0.15, 0.2) is 0 Å². The van der Waals surface area contributed by atoms with E-state index in [0.717, 1.165) is 5.56 Å². The van der Waals surface area contributed by atoms with Gasteiger partial charge in [-0.15, -0.1) is 0 Å². The van der Waals surface area contributed by atoms with Crippen molar-refractivity contribution in [2.45, 2.75) is 12.5 Å². The third-order valence-corrected chi connectivity index (χ3v) is 1.49. The van der Waals surface area contributed by atoms with Gasteiger partial charge in [0.2, 0.25) is 0 Å². The highest BCUT2D eigenvalue weighted by Gasteiger charge is 2.02. The second-order valence-corrected chi connectivity index (χ2v) is 2.50. The zero-order chi connectivity index (χ0) is 12.1. The number of carbonyl (C=O) groups excluding carboxylic acids is 1. The molecule has 0 aliphatic heterocycles. The van der Waals surface area contributed by atoms with Crippen LogP contribution in [0.5, 0.6) is 0 Å². The first-order valence-corrected chi connectivity index (χ1v) is 4.47. The first-order chi connectivity index (χ1) is 7.33. The second kappa shape index (κ2) is 12.7. The lowest BCUT2D eigenvalue weighted by atomic mass is 10.1. The Morgan fingerprint density at radius 3 is 2.20 bits per heavy atom. The minimum absolute atomic E-state index is 0.400. The van der Waals surface area contributed by atoms with Crippen molar-refractivity contribution in [1.29, 1.82) is 0 Å². The molecule has 0 saturated heterocycles. The Morgan fingerprint density at radius 2 is 1.80 bits per heavy atom. The van der Waals surface area contributed by atoms with Gasteiger partial charge in [-0.25, -0.2) is 4.39 Å². The quantitative estimate of drug-likeness (QED) is 0.789. The van der Waals surface area contributed by atoms with E-state index in [4.69, 9.17) is 9.90 Å². The highest BCUT2D eigenvalue weighted by atomic mass is 19.1. The second-order valence-electron chi connectivity index (χ2n) is 2.50. The van der Waals surface area contributed by atoms with Gasteiger partial charge in [0.1, 0.15) is 13.5 Å². The van der Waals surface area contributed by atoms with Crippen molar-refractivity contribution in [3.63, 3.8) is 0 Å². The third kappa shape index (κ3) is 9.05. The Kier molecular flexibility index (Phi) is 13.7. The summed E-state index contributed by atoms with van der Waals surface area (Å²) in [4.78, 5) is 8.00. The van der Waals surface area contributed by atoms with E-state index in [1.54, 1.807) is 0 Å². The number of nitrogens with two attached hydrogens (primary N) is 1. The molecule has 3 N–H and O–H groups in total. The minimum atomic E-state index is -0.850. The van der Waals surface area contributed by atoms with Crippen molar-refractivity contribution < 1.29 is 14.3 Å². The summed E-state index contributed by atoms with van der Waals surface area (Å²) in [5.41, 5.74) is 5.47. The molecule has 0 aliphatic carbocycles. The van der Waals surface area contributed by atoms with Gasteiger partial charge in [0.05, 0.1) is 6.10 Å². The molecule has 0 aliphatic rings. The zero-order valence-electron chi connectivity index (χ0n) is 8.90. The van der Waals surface area contributed by atoms with Crippen molar-refractivity contribution in [2.24, 2.45) is 5.73 Å². The van der Waals surface area contributed by atoms with E-state index < -0.39 is 12.8 Å². The van der Waals surface area contributed by atoms with E-state index in [0.29, 0.717) is 6.42 Å². The average molecular weight is 215 g/mol. The number of alkyl halides is 1. The molecule has 0 spiro atoms. The number of halogens is 1. The zero-order valence-corrected chi connectivity index (χ0v) is 8.90. The van der Waals surface area contributed by atoms with Crippen molar-refractivity contribution in [1.82, 2.24) is 0 Å². The topological polar surface area (TPSA) is 63.3 Å². The van der Waals surface area contributed by atoms with E-state index in [9.17, 15) is 4.39 Å². The number of aliphatic hydroxyl groups excluding tert-OH is 1. The van der Waals surface area contributed by atoms with E-state index in [-0.39, 0.29) is 0 Å². The number of benzene rings is 1. The molecule has 1 aromatic carbocycles. The maximum Gasteiger partial charge on any atom is 0.116 e. The lowest BCUT2D eigenvalue weighted by molar-refractivity contribution is -0.0979. The minimum Gasteiger partial charge on any atom is -0.390 e. The first-order valence-electron chi connectivity index (χ1n) is 4.47. The number of hydrogen-bond donors (Lipinski definition) is 2. The number of aliphatic hydroxyl groups is 1. The predicted octanol–water partition coefficient (Wildman–Crippen LogP) is 0.949. The Balaban J connectivity index is 0. The summed E-state index contributed by atoms with van der Waals surface area (Å²) in [6, 6.07) is 9.39. The van der Waals surface area contributed by atoms with Crippen LogP contribution in [0.25, 0.3) is 0 Å². The standard InChI is InChI=1S/C9H11FO.CH5N.CH2O/c10-7-9(11)6-8-4-2-1-3-5-8;2*1-2/h1-5,9,11H,6-7H2;2H2,1H3;1H2. The normalized spacial score (nSPS) is 10.1. The lowest BCUT2D eigenvalue weighted by Crippen LogP contribution is -2.12. The molecule has 0 radical (unpaired) electrons. The van der Waals surface area contributed by atoms with Crippen LogP contribution in [0.15, 0.2) is 30.3 Å². The fourth-order valence-electron chi connectivity index (χ4n) is 0.941. The fraction of sp³-hybridized carbons (Fsp3) is 0.364. The number of carbonyl (C=O) groups is 1. The largest absolute Gasteiger partial charge is 0.390 e. The molecule has 3 nitrogen and oxygen atoms in total. The van der Waals surface area contributed by atoms with E-state index in [1.807, 2.05) is 37.1 Å². The molecule has 0 fully saturated rings. The lowest BCUT2D eigenvalue weighted by Gasteiger charge is -2.04. The molecule has 4 heteroatoms. The fourth-order valence-corrected chi connectivity index (χ4v) is 0.941. The summed E-state index contributed by atoms with van der Waals surface area (Å²) < 4.78 is 11.8. The highest BCUT2D eigenvalue weighted by Crippen LogP contribution is 2.02. The van der Waals surface area contributed by atoms with Crippen LogP contribution in [-0.2, 0) is 11.2 Å². The number of rotatable bonds is 3. The van der Waals surface area contributed by atoms with Gasteiger partial charge in [-0.05, 0) is 12.6 Å². The van der Waals surface area contributed by atoms with Crippen LogP contribution < -0.4 is 5.73 Å². The molecular formula is C11H18FNO2. The number of hydrogen-bond acceptors (Lipinski definition) is 3. The highest BCUT2D eigenvalue weighted by molar-refractivity contribution is 5.15. The van der Waals surface area contributed by atoms with Gasteiger partial charge in [-0.2, -0.15) is 0 Å². The van der Waals surface area contributed by atoms with Crippen molar-refractivity contribution in [3.8, 4) is 0 Å². The molecule has 1 unspecified atom stereocenters. The summed E-state index contributed by atoms with van der Waals surface area (Å²) in [6.45, 7) is 1.33. The van der Waals surface area contributed by atoms with Crippen LogP contribution >= 0.6 is 0 Å². The van der Waals surface area contributed by atoms with Gasteiger partial charge in [-0.3, -0.25) is 0 Å². The maximum absolute atomic E-state index is 11.8. The predicted molar refractivity (Wildman–Crippen MR) is 59.4 cm³/mol. The van der Waals surface area contributed by atoms with Gasteiger partial charge >= 0.3 is 0 Å². The Morgan fingerprint density at radius 1 is 1.33 bits per heavy atom. The van der Waals surface area contributed by atoms with Gasteiger partial charge < -0.3 is 15.6 Å². The Bertz CT molecular complexity index is 219. The first kappa shape index (κ1) is 16.2. The molecule has 1 aromatic rings. The van der Waals surface area contributed by atoms with Crippen LogP contribution in [0.3, 0.4) is 0 Å². The van der Waals surface area contributed by atoms with Crippen LogP contribution in [0.2, 0.25) is 0 Å². The van der Waals surface area contributed by atoms with E-state index >= 15 is 0 Å². The van der Waals surface area contributed by atoms with Crippen molar-refractivity contribution in [3.05, 3.63) is 35.9 Å². The molecule has 0 heterocycles. The van der Waals surface area contributed by atoms with Gasteiger partial charge in [0.25, 0.3) is 0 Å². The molecule has 1 atom stereocenters. The summed E-state index contributed by atoms with van der Waals surface area (Å²) in [7, 11) is 1.50. The van der Waals surface area contributed by atoms with Gasteiger partial charge in [-0.1, -0.05) is 30.3 Å². The third-order valence-electron chi connectivity index (χ3n) is 1.49. The summed E-state index contributed by atoms with van der Waals surface area (Å²) in [5, 5.41) is 8.94. The smallest absolute Gasteiger partial charge is 0.116 e. The molecule has 15 heavy (non-hydrogen) atoms. The SMILES string of the molecule is C=O.CN.OC(CF)Cc1ccccc1. The molecule has 0 bridgehead atoms. The summed E-state index contributed by atoms with van der Waals surface area (Å²) in [6.07, 6.45) is -0.449. The van der Waals surface area contributed by atoms with Crippen molar-refractivity contribution in [2.75, 3.05) is 13.7 Å².